The Morgan fingerprint density at radius 3 is 2.81 bits per heavy atom. The van der Waals surface area contributed by atoms with Gasteiger partial charge in [-0.15, -0.1) is 11.6 Å². The van der Waals surface area contributed by atoms with Crippen LogP contribution in [0, 0.1) is 6.92 Å². The summed E-state index contributed by atoms with van der Waals surface area (Å²) < 4.78 is 4.86. The van der Waals surface area contributed by atoms with Crippen LogP contribution in [0.2, 0.25) is 0 Å². The first-order valence-corrected chi connectivity index (χ1v) is 5.86. The molecule has 1 atom stereocenters. The molecule has 1 unspecified atom stereocenters. The minimum Gasteiger partial charge on any atom is -0.361 e. The van der Waals surface area contributed by atoms with E-state index in [9.17, 15) is 4.79 Å². The normalized spacial score (nSPS) is 14.5. The van der Waals surface area contributed by atoms with E-state index in [1.54, 1.807) is 13.0 Å². The first-order chi connectivity index (χ1) is 7.50. The second-order valence-electron chi connectivity index (χ2n) is 4.13. The average Bonchev–Trinajstić information content (AvgIpc) is 2.65. The first-order valence-electron chi connectivity index (χ1n) is 5.32. The zero-order valence-corrected chi connectivity index (χ0v) is 10.6. The van der Waals surface area contributed by atoms with E-state index in [1.807, 2.05) is 13.8 Å². The number of alkyl halides is 1. The molecule has 0 saturated heterocycles. The van der Waals surface area contributed by atoms with Crippen molar-refractivity contribution in [2.24, 2.45) is 0 Å². The third-order valence-corrected chi connectivity index (χ3v) is 2.89. The molecule has 16 heavy (non-hydrogen) atoms. The number of hydrogen-bond donors (Lipinski definition) is 1. The van der Waals surface area contributed by atoms with Crippen molar-refractivity contribution in [2.45, 2.75) is 39.2 Å². The zero-order chi connectivity index (χ0) is 12.2. The summed E-state index contributed by atoms with van der Waals surface area (Å²) in [5.41, 5.74) is 0.0258. The third kappa shape index (κ3) is 3.23. The molecule has 0 aliphatic carbocycles. The lowest BCUT2D eigenvalue weighted by atomic mass is 9.95. The van der Waals surface area contributed by atoms with Crippen LogP contribution in [0.3, 0.4) is 0 Å². The molecule has 1 aromatic heterocycles. The molecule has 90 valence electrons. The number of nitrogens with one attached hydrogen (secondary N) is 1. The molecular formula is C11H17ClN2O2. The highest BCUT2D eigenvalue weighted by Crippen LogP contribution is 2.16. The van der Waals surface area contributed by atoms with E-state index in [1.165, 1.54) is 0 Å². The smallest absolute Gasteiger partial charge is 0.273 e. The monoisotopic (exact) mass is 244 g/mol. The zero-order valence-electron chi connectivity index (χ0n) is 9.84. The summed E-state index contributed by atoms with van der Waals surface area (Å²) in [6.07, 6.45) is 1.55. The number of rotatable bonds is 5. The topological polar surface area (TPSA) is 55.1 Å². The molecule has 0 fully saturated rings. The second-order valence-corrected chi connectivity index (χ2v) is 4.51. The van der Waals surface area contributed by atoms with Crippen molar-refractivity contribution in [1.29, 1.82) is 0 Å². The lowest BCUT2D eigenvalue weighted by Crippen LogP contribution is -2.45. The average molecular weight is 245 g/mol. The van der Waals surface area contributed by atoms with Gasteiger partial charge in [-0.2, -0.15) is 0 Å². The van der Waals surface area contributed by atoms with Crippen LogP contribution in [0.4, 0.5) is 0 Å². The molecule has 0 spiro atoms. The third-order valence-electron chi connectivity index (χ3n) is 2.70. The lowest BCUT2D eigenvalue weighted by molar-refractivity contribution is 0.0892. The highest BCUT2D eigenvalue weighted by atomic mass is 35.5. The highest BCUT2D eigenvalue weighted by Gasteiger charge is 2.25. The van der Waals surface area contributed by atoms with Gasteiger partial charge in [0.2, 0.25) is 0 Å². The van der Waals surface area contributed by atoms with Crippen molar-refractivity contribution in [3.05, 3.63) is 17.5 Å². The molecule has 1 amide bonds. The van der Waals surface area contributed by atoms with E-state index in [-0.39, 0.29) is 11.4 Å². The van der Waals surface area contributed by atoms with Crippen molar-refractivity contribution < 1.29 is 9.32 Å². The van der Waals surface area contributed by atoms with Crippen LogP contribution in [0.25, 0.3) is 0 Å². The number of aromatic nitrogens is 1. The fourth-order valence-corrected chi connectivity index (χ4v) is 1.76. The van der Waals surface area contributed by atoms with E-state index in [0.717, 1.165) is 12.8 Å². The van der Waals surface area contributed by atoms with E-state index in [0.29, 0.717) is 17.3 Å². The number of carbonyl (C=O) groups excluding carboxylic acids is 1. The second kappa shape index (κ2) is 5.34. The molecule has 0 aromatic carbocycles. The Labute approximate surface area is 100 Å². The van der Waals surface area contributed by atoms with Crippen molar-refractivity contribution >= 4 is 17.5 Å². The van der Waals surface area contributed by atoms with Gasteiger partial charge in [0.1, 0.15) is 5.76 Å². The Balaban J connectivity index is 2.69. The number of carbonyl (C=O) groups is 1. The largest absolute Gasteiger partial charge is 0.361 e. The van der Waals surface area contributed by atoms with E-state index < -0.39 is 0 Å². The highest BCUT2D eigenvalue weighted by molar-refractivity contribution is 6.17. The summed E-state index contributed by atoms with van der Waals surface area (Å²) in [5, 5.41) is 6.60. The molecular weight excluding hydrogens is 228 g/mol. The Morgan fingerprint density at radius 1 is 1.69 bits per heavy atom. The van der Waals surface area contributed by atoms with E-state index >= 15 is 0 Å². The maximum atomic E-state index is 11.8. The quantitative estimate of drug-likeness (QED) is 0.810. The molecule has 0 radical (unpaired) electrons. The Kier molecular flexibility index (Phi) is 4.35. The molecule has 1 N–H and O–H groups in total. The summed E-state index contributed by atoms with van der Waals surface area (Å²) in [7, 11) is 0. The summed E-state index contributed by atoms with van der Waals surface area (Å²) in [4.78, 5) is 11.8. The number of halogens is 1. The summed E-state index contributed by atoms with van der Waals surface area (Å²) >= 11 is 5.71. The summed E-state index contributed by atoms with van der Waals surface area (Å²) in [6.45, 7) is 5.74. The Hall–Kier alpha value is -1.03. The van der Waals surface area contributed by atoms with Gasteiger partial charge in [-0.1, -0.05) is 12.1 Å². The van der Waals surface area contributed by atoms with E-state index in [2.05, 4.69) is 10.5 Å². The van der Waals surface area contributed by atoms with Crippen LogP contribution in [0.5, 0.6) is 0 Å². The number of hydrogen-bond acceptors (Lipinski definition) is 3. The van der Waals surface area contributed by atoms with Gasteiger partial charge in [0.05, 0.1) is 0 Å². The number of amides is 1. The van der Waals surface area contributed by atoms with Gasteiger partial charge in [-0.05, 0) is 26.7 Å². The van der Waals surface area contributed by atoms with Gasteiger partial charge in [0, 0.05) is 17.5 Å². The summed E-state index contributed by atoms with van der Waals surface area (Å²) in [5.74, 6) is 0.926. The van der Waals surface area contributed by atoms with Gasteiger partial charge in [-0.3, -0.25) is 4.79 Å². The van der Waals surface area contributed by atoms with Gasteiger partial charge in [0.25, 0.3) is 5.91 Å². The predicted octanol–water partition coefficient (Wildman–Crippen LogP) is 2.51. The Bertz CT molecular complexity index is 365. The number of aryl methyl sites for hydroxylation is 1. The van der Waals surface area contributed by atoms with Crippen molar-refractivity contribution in [1.82, 2.24) is 10.5 Å². The molecule has 1 aromatic rings. The fourth-order valence-electron chi connectivity index (χ4n) is 1.35. The lowest BCUT2D eigenvalue weighted by Gasteiger charge is -2.28. The SMILES string of the molecule is CCC(C)(CCCl)NC(=O)c1cc(C)on1. The minimum atomic E-state index is -0.286. The minimum absolute atomic E-state index is 0.216. The molecule has 1 heterocycles. The molecule has 0 saturated carbocycles. The van der Waals surface area contributed by atoms with Gasteiger partial charge >= 0.3 is 0 Å². The molecule has 5 heteroatoms. The van der Waals surface area contributed by atoms with Crippen LogP contribution >= 0.6 is 11.6 Å². The van der Waals surface area contributed by atoms with Crippen LogP contribution in [0.15, 0.2) is 10.6 Å². The van der Waals surface area contributed by atoms with Crippen molar-refractivity contribution in [2.75, 3.05) is 5.88 Å². The van der Waals surface area contributed by atoms with E-state index in [4.69, 9.17) is 16.1 Å². The molecule has 4 nitrogen and oxygen atoms in total. The predicted molar refractivity (Wildman–Crippen MR) is 62.7 cm³/mol. The van der Waals surface area contributed by atoms with Crippen molar-refractivity contribution in [3.63, 3.8) is 0 Å². The molecule has 0 bridgehead atoms. The molecule has 1 rings (SSSR count). The maximum absolute atomic E-state index is 11.8. The fraction of sp³-hybridized carbons (Fsp3) is 0.636. The molecule has 0 aliphatic heterocycles. The number of nitrogens with zero attached hydrogens (tertiary/aromatic N) is 1. The van der Waals surface area contributed by atoms with Crippen LogP contribution in [-0.2, 0) is 0 Å². The van der Waals surface area contributed by atoms with Gasteiger partial charge in [0.15, 0.2) is 5.69 Å². The summed E-state index contributed by atoms with van der Waals surface area (Å²) in [6, 6.07) is 1.62. The standard InChI is InChI=1S/C11H17ClN2O2/c1-4-11(3,5-6-12)13-10(15)9-7-8(2)16-14-9/h7H,4-6H2,1-3H3,(H,13,15). The van der Waals surface area contributed by atoms with Crippen LogP contribution in [-0.4, -0.2) is 22.5 Å². The molecule has 0 aliphatic rings. The van der Waals surface area contributed by atoms with Gasteiger partial charge < -0.3 is 9.84 Å². The first kappa shape index (κ1) is 13.0. The van der Waals surface area contributed by atoms with Crippen LogP contribution < -0.4 is 5.32 Å². The maximum Gasteiger partial charge on any atom is 0.273 e. The van der Waals surface area contributed by atoms with Crippen LogP contribution in [0.1, 0.15) is 42.9 Å². The Morgan fingerprint density at radius 2 is 2.38 bits per heavy atom. The van der Waals surface area contributed by atoms with Gasteiger partial charge in [-0.25, -0.2) is 0 Å². The van der Waals surface area contributed by atoms with Crippen molar-refractivity contribution in [3.8, 4) is 0 Å².